The summed E-state index contributed by atoms with van der Waals surface area (Å²) in [5, 5.41) is 8.90. The normalized spacial score (nSPS) is 29.5. The molecule has 0 radical (unpaired) electrons. The monoisotopic (exact) mass is 198 g/mol. The van der Waals surface area contributed by atoms with Crippen LogP contribution in [0.15, 0.2) is 11.8 Å². The summed E-state index contributed by atoms with van der Waals surface area (Å²) < 4.78 is 5.00. The van der Waals surface area contributed by atoms with Gasteiger partial charge < -0.3 is 9.84 Å². The van der Waals surface area contributed by atoms with E-state index in [0.717, 1.165) is 0 Å². The third-order valence-electron chi connectivity index (χ3n) is 2.87. The Bertz CT molecular complexity index is 290. The Morgan fingerprint density at radius 3 is 2.29 bits per heavy atom. The minimum Gasteiger partial charge on any atom is -0.501 e. The zero-order valence-electron chi connectivity index (χ0n) is 8.48. The van der Waals surface area contributed by atoms with Crippen molar-refractivity contribution in [2.24, 2.45) is 17.3 Å². The first kappa shape index (κ1) is 10.8. The van der Waals surface area contributed by atoms with E-state index >= 15 is 0 Å². The molecule has 0 aromatic heterocycles. The number of hydrogen-bond acceptors (Lipinski definition) is 3. The van der Waals surface area contributed by atoms with Gasteiger partial charge in [0.05, 0.1) is 13.0 Å². The Hall–Kier alpha value is -1.32. The molecule has 0 aliphatic heterocycles. The minimum atomic E-state index is -0.839. The third-order valence-corrected chi connectivity index (χ3v) is 2.87. The molecule has 78 valence electrons. The lowest BCUT2D eigenvalue weighted by Gasteiger charge is -2.05. The number of aldehydes is 1. The van der Waals surface area contributed by atoms with Crippen molar-refractivity contribution in [2.75, 3.05) is 7.11 Å². The molecule has 2 unspecified atom stereocenters. The number of ether oxygens (including phenoxy) is 1. The predicted molar refractivity (Wildman–Crippen MR) is 49.6 cm³/mol. The molecule has 0 amide bonds. The largest absolute Gasteiger partial charge is 0.501 e. The van der Waals surface area contributed by atoms with Crippen LogP contribution in [0.25, 0.3) is 0 Å². The Kier molecular flexibility index (Phi) is 2.64. The Morgan fingerprint density at radius 2 is 2.00 bits per heavy atom. The molecule has 14 heavy (non-hydrogen) atoms. The zero-order valence-corrected chi connectivity index (χ0v) is 8.48. The molecule has 1 aliphatic rings. The van der Waals surface area contributed by atoms with Gasteiger partial charge in [0, 0.05) is 12.0 Å². The first-order chi connectivity index (χ1) is 6.46. The second kappa shape index (κ2) is 3.44. The van der Waals surface area contributed by atoms with Crippen LogP contribution in [-0.4, -0.2) is 24.5 Å². The molecule has 1 aliphatic carbocycles. The van der Waals surface area contributed by atoms with E-state index in [1.807, 2.05) is 13.8 Å². The number of carbonyl (C=O) groups excluding carboxylic acids is 1. The summed E-state index contributed by atoms with van der Waals surface area (Å²) in [6.45, 7) is 3.71. The van der Waals surface area contributed by atoms with Gasteiger partial charge >= 0.3 is 5.97 Å². The van der Waals surface area contributed by atoms with Crippen molar-refractivity contribution >= 4 is 12.3 Å². The number of methoxy groups -OCH3 is 1. The summed E-state index contributed by atoms with van der Waals surface area (Å²) in [7, 11) is 1.45. The van der Waals surface area contributed by atoms with E-state index in [1.165, 1.54) is 13.2 Å². The third kappa shape index (κ3) is 1.52. The minimum absolute atomic E-state index is 0.185. The molecule has 1 N–H and O–H groups in total. The Balaban J connectivity index is 2.86. The van der Waals surface area contributed by atoms with Gasteiger partial charge in [-0.05, 0) is 5.41 Å². The second-order valence-electron chi connectivity index (χ2n) is 4.02. The van der Waals surface area contributed by atoms with Gasteiger partial charge in [0.25, 0.3) is 0 Å². The van der Waals surface area contributed by atoms with Crippen LogP contribution < -0.4 is 0 Å². The Labute approximate surface area is 82.6 Å². The van der Waals surface area contributed by atoms with Crippen molar-refractivity contribution in [3.63, 3.8) is 0 Å². The molecule has 0 bridgehead atoms. The average molecular weight is 198 g/mol. The number of carboxylic acids is 1. The van der Waals surface area contributed by atoms with E-state index in [9.17, 15) is 9.59 Å². The summed E-state index contributed by atoms with van der Waals surface area (Å²) in [6, 6.07) is 0. The number of carbonyl (C=O) groups is 2. The van der Waals surface area contributed by atoms with Crippen molar-refractivity contribution in [3.05, 3.63) is 11.8 Å². The fourth-order valence-corrected chi connectivity index (χ4v) is 2.00. The number of hydrogen-bond donors (Lipinski definition) is 1. The molecule has 0 spiro atoms. The molecule has 0 saturated heterocycles. The van der Waals surface area contributed by atoms with E-state index < -0.39 is 11.9 Å². The number of allylic oxidation sites excluding steroid dienone is 2. The summed E-state index contributed by atoms with van der Waals surface area (Å²) in [5.41, 5.74) is -0.323. The van der Waals surface area contributed by atoms with Gasteiger partial charge in [-0.1, -0.05) is 13.8 Å². The first-order valence-corrected chi connectivity index (χ1v) is 4.39. The van der Waals surface area contributed by atoms with Gasteiger partial charge in [0.15, 0.2) is 0 Å². The molecule has 4 heteroatoms. The maximum Gasteiger partial charge on any atom is 0.307 e. The number of carboxylic acid groups (broad SMARTS) is 1. The van der Waals surface area contributed by atoms with Crippen LogP contribution in [0.1, 0.15) is 13.8 Å². The van der Waals surface area contributed by atoms with Crippen LogP contribution in [0.3, 0.4) is 0 Å². The van der Waals surface area contributed by atoms with Gasteiger partial charge in [-0.3, -0.25) is 9.59 Å². The van der Waals surface area contributed by atoms with Gasteiger partial charge in [-0.25, -0.2) is 0 Å². The lowest BCUT2D eigenvalue weighted by Crippen LogP contribution is -2.03. The fraction of sp³-hybridized carbons (Fsp3) is 0.600. The smallest absolute Gasteiger partial charge is 0.307 e. The zero-order chi connectivity index (χ0) is 10.9. The summed E-state index contributed by atoms with van der Waals surface area (Å²) >= 11 is 0. The van der Waals surface area contributed by atoms with E-state index in [4.69, 9.17) is 9.84 Å². The van der Waals surface area contributed by atoms with Gasteiger partial charge in [-0.15, -0.1) is 0 Å². The molecular weight excluding hydrogens is 184 g/mol. The standard InChI is InChI=1S/C10H14O4/c1-10(2)7(8(10)9(12)13)6(14-3)4-5-11/h4-5,7-8H,1-3H3,(H,12,13). The molecule has 1 rings (SSSR count). The summed E-state index contributed by atoms with van der Waals surface area (Å²) in [6.07, 6.45) is 1.90. The van der Waals surface area contributed by atoms with Crippen LogP contribution in [0, 0.1) is 17.3 Å². The molecule has 0 heterocycles. The predicted octanol–water partition coefficient (Wildman–Crippen LogP) is 1.07. The summed E-state index contributed by atoms with van der Waals surface area (Å²) in [4.78, 5) is 21.1. The number of aliphatic carboxylic acids is 1. The maximum absolute atomic E-state index is 10.8. The highest BCUT2D eigenvalue weighted by molar-refractivity contribution is 5.77. The van der Waals surface area contributed by atoms with Gasteiger partial charge in [0.2, 0.25) is 0 Å². The van der Waals surface area contributed by atoms with Crippen LogP contribution in [-0.2, 0) is 14.3 Å². The van der Waals surface area contributed by atoms with Gasteiger partial charge in [-0.2, -0.15) is 0 Å². The van der Waals surface area contributed by atoms with E-state index in [2.05, 4.69) is 0 Å². The number of rotatable bonds is 4. The lowest BCUT2D eigenvalue weighted by molar-refractivity contribution is -0.139. The molecule has 4 nitrogen and oxygen atoms in total. The highest BCUT2D eigenvalue weighted by atomic mass is 16.5. The van der Waals surface area contributed by atoms with Crippen LogP contribution in [0.2, 0.25) is 0 Å². The van der Waals surface area contributed by atoms with Crippen LogP contribution in [0.4, 0.5) is 0 Å². The van der Waals surface area contributed by atoms with Crippen molar-refractivity contribution in [3.8, 4) is 0 Å². The van der Waals surface area contributed by atoms with Crippen LogP contribution >= 0.6 is 0 Å². The molecular formula is C10H14O4. The second-order valence-corrected chi connectivity index (χ2v) is 4.02. The van der Waals surface area contributed by atoms with Crippen LogP contribution in [0.5, 0.6) is 0 Å². The molecule has 1 fully saturated rings. The SMILES string of the molecule is COC(=CC=O)C1C(C(=O)O)C1(C)C. The quantitative estimate of drug-likeness (QED) is 0.417. The van der Waals surface area contributed by atoms with Gasteiger partial charge in [0.1, 0.15) is 12.0 Å². The maximum atomic E-state index is 10.8. The topological polar surface area (TPSA) is 63.6 Å². The highest BCUT2D eigenvalue weighted by Crippen LogP contribution is 2.61. The van der Waals surface area contributed by atoms with E-state index in [-0.39, 0.29) is 11.3 Å². The average Bonchev–Trinajstić information content (AvgIpc) is 2.65. The fourth-order valence-electron chi connectivity index (χ4n) is 2.00. The van der Waals surface area contributed by atoms with E-state index in [1.54, 1.807) is 0 Å². The molecule has 0 aromatic rings. The lowest BCUT2D eigenvalue weighted by atomic mass is 10.1. The van der Waals surface area contributed by atoms with Crippen molar-refractivity contribution in [1.82, 2.24) is 0 Å². The highest BCUT2D eigenvalue weighted by Gasteiger charge is 2.64. The van der Waals surface area contributed by atoms with Crippen molar-refractivity contribution in [2.45, 2.75) is 13.8 Å². The molecule has 0 aromatic carbocycles. The first-order valence-electron chi connectivity index (χ1n) is 4.39. The molecule has 1 saturated carbocycles. The molecule has 2 atom stereocenters. The summed E-state index contributed by atoms with van der Waals surface area (Å²) in [5.74, 6) is -1.02. The van der Waals surface area contributed by atoms with Crippen molar-refractivity contribution in [1.29, 1.82) is 0 Å². The van der Waals surface area contributed by atoms with Crippen molar-refractivity contribution < 1.29 is 19.4 Å². The van der Waals surface area contributed by atoms with E-state index in [0.29, 0.717) is 12.0 Å². The Morgan fingerprint density at radius 1 is 1.43 bits per heavy atom.